The van der Waals surface area contributed by atoms with Crippen LogP contribution in [-0.2, 0) is 0 Å². The summed E-state index contributed by atoms with van der Waals surface area (Å²) in [5, 5.41) is 14.3. The van der Waals surface area contributed by atoms with E-state index in [4.69, 9.17) is 11.6 Å². The van der Waals surface area contributed by atoms with Crippen LogP contribution in [0, 0.1) is 6.92 Å². The van der Waals surface area contributed by atoms with Crippen molar-refractivity contribution in [2.45, 2.75) is 6.92 Å². The van der Waals surface area contributed by atoms with Crippen molar-refractivity contribution in [3.05, 3.63) is 65.3 Å². The average Bonchev–Trinajstić information content (AvgIpc) is 2.86. The van der Waals surface area contributed by atoms with Crippen molar-refractivity contribution in [2.24, 2.45) is 0 Å². The number of aryl methyl sites for hydroxylation is 1. The molecule has 0 atom stereocenters. The molecule has 0 aliphatic carbocycles. The van der Waals surface area contributed by atoms with Gasteiger partial charge in [-0.2, -0.15) is 5.10 Å². The summed E-state index contributed by atoms with van der Waals surface area (Å²) in [6, 6.07) is 15.7. The van der Waals surface area contributed by atoms with Gasteiger partial charge in [-0.1, -0.05) is 29.8 Å². The summed E-state index contributed by atoms with van der Waals surface area (Å²) in [6.07, 6.45) is 1.75. The second kappa shape index (κ2) is 5.89. The molecule has 0 aliphatic rings. The van der Waals surface area contributed by atoms with Crippen molar-refractivity contribution in [1.29, 1.82) is 0 Å². The summed E-state index contributed by atoms with van der Waals surface area (Å²) in [7, 11) is 0. The van der Waals surface area contributed by atoms with Crippen LogP contribution in [0.3, 0.4) is 0 Å². The van der Waals surface area contributed by atoms with Crippen molar-refractivity contribution in [1.82, 2.24) is 10.2 Å². The number of aromatic nitrogens is 2. The van der Waals surface area contributed by atoms with Gasteiger partial charge < -0.3 is 10.6 Å². The molecule has 0 fully saturated rings. The van der Waals surface area contributed by atoms with Crippen molar-refractivity contribution in [2.75, 3.05) is 10.6 Å². The van der Waals surface area contributed by atoms with E-state index in [2.05, 4.69) is 39.9 Å². The predicted molar refractivity (Wildman–Crippen MR) is 87.8 cm³/mol. The fraction of sp³-hybridized carbons (Fsp3) is 0.0625. The quantitative estimate of drug-likeness (QED) is 0.645. The zero-order valence-corrected chi connectivity index (χ0v) is 12.3. The van der Waals surface area contributed by atoms with Crippen LogP contribution in [0.25, 0.3) is 0 Å². The molecular formula is C16H15ClN4. The Balaban J connectivity index is 1.81. The molecular weight excluding hydrogens is 284 g/mol. The number of hydrogen-bond acceptors (Lipinski definition) is 3. The molecule has 0 saturated carbocycles. The molecule has 4 nitrogen and oxygen atoms in total. The molecule has 106 valence electrons. The maximum absolute atomic E-state index is 5.99. The van der Waals surface area contributed by atoms with E-state index in [1.807, 2.05) is 36.4 Å². The van der Waals surface area contributed by atoms with Gasteiger partial charge >= 0.3 is 0 Å². The monoisotopic (exact) mass is 298 g/mol. The first-order valence-corrected chi connectivity index (χ1v) is 6.98. The van der Waals surface area contributed by atoms with Gasteiger partial charge in [-0.05, 0) is 42.8 Å². The largest absolute Gasteiger partial charge is 0.351 e. The predicted octanol–water partition coefficient (Wildman–Crippen LogP) is 4.86. The van der Waals surface area contributed by atoms with Crippen LogP contribution in [0.15, 0.2) is 54.7 Å². The van der Waals surface area contributed by atoms with Crippen molar-refractivity contribution in [3.63, 3.8) is 0 Å². The van der Waals surface area contributed by atoms with Gasteiger partial charge in [0.25, 0.3) is 0 Å². The standard InChI is InChI=1S/C16H15ClN4/c1-11-4-2-6-13(8-11)19-15-10-18-21-16(15)20-14-7-3-5-12(17)9-14/h2-10,19H,1H3,(H2,18,20,21). The Morgan fingerprint density at radius 1 is 1.00 bits per heavy atom. The van der Waals surface area contributed by atoms with Gasteiger partial charge in [0, 0.05) is 16.4 Å². The van der Waals surface area contributed by atoms with Gasteiger partial charge in [0.1, 0.15) is 11.5 Å². The van der Waals surface area contributed by atoms with Crippen molar-refractivity contribution < 1.29 is 0 Å². The number of H-pyrrole nitrogens is 1. The zero-order valence-electron chi connectivity index (χ0n) is 11.5. The Bertz CT molecular complexity index is 689. The topological polar surface area (TPSA) is 52.7 Å². The highest BCUT2D eigenvalue weighted by Gasteiger charge is 2.06. The number of rotatable bonds is 4. The molecule has 0 unspecified atom stereocenters. The van der Waals surface area contributed by atoms with Gasteiger partial charge in [-0.25, -0.2) is 0 Å². The molecule has 2 aromatic carbocycles. The molecule has 0 aliphatic heterocycles. The molecule has 0 amide bonds. The Labute approximate surface area is 128 Å². The number of halogens is 1. The summed E-state index contributed by atoms with van der Waals surface area (Å²) >= 11 is 5.99. The Kier molecular flexibility index (Phi) is 3.79. The lowest BCUT2D eigenvalue weighted by Crippen LogP contribution is -1.96. The minimum Gasteiger partial charge on any atom is -0.351 e. The number of benzene rings is 2. The summed E-state index contributed by atoms with van der Waals surface area (Å²) in [5.41, 5.74) is 4.00. The number of anilines is 4. The Morgan fingerprint density at radius 3 is 2.52 bits per heavy atom. The van der Waals surface area contributed by atoms with E-state index >= 15 is 0 Å². The summed E-state index contributed by atoms with van der Waals surface area (Å²) in [5.74, 6) is 0.791. The second-order valence-corrected chi connectivity index (χ2v) is 5.22. The molecule has 0 radical (unpaired) electrons. The maximum atomic E-state index is 5.99. The number of aromatic amines is 1. The second-order valence-electron chi connectivity index (χ2n) is 4.79. The van der Waals surface area contributed by atoms with Crippen LogP contribution in [0.1, 0.15) is 5.56 Å². The van der Waals surface area contributed by atoms with Crippen LogP contribution in [0.2, 0.25) is 5.02 Å². The lowest BCUT2D eigenvalue weighted by atomic mass is 10.2. The van der Waals surface area contributed by atoms with Gasteiger partial charge in [-0.3, -0.25) is 5.10 Å². The molecule has 21 heavy (non-hydrogen) atoms. The highest BCUT2D eigenvalue weighted by molar-refractivity contribution is 6.30. The number of hydrogen-bond donors (Lipinski definition) is 3. The molecule has 1 heterocycles. The molecule has 5 heteroatoms. The lowest BCUT2D eigenvalue weighted by Gasteiger charge is -2.09. The number of nitrogens with zero attached hydrogens (tertiary/aromatic N) is 1. The van der Waals surface area contributed by atoms with E-state index < -0.39 is 0 Å². The average molecular weight is 299 g/mol. The summed E-state index contributed by atoms with van der Waals surface area (Å²) in [6.45, 7) is 2.06. The Morgan fingerprint density at radius 2 is 1.76 bits per heavy atom. The molecule has 3 aromatic rings. The normalized spacial score (nSPS) is 10.4. The fourth-order valence-corrected chi connectivity index (χ4v) is 2.26. The lowest BCUT2D eigenvalue weighted by molar-refractivity contribution is 1.09. The van der Waals surface area contributed by atoms with E-state index in [0.29, 0.717) is 5.02 Å². The molecule has 0 saturated heterocycles. The van der Waals surface area contributed by atoms with Crippen molar-refractivity contribution in [3.8, 4) is 0 Å². The first kappa shape index (κ1) is 13.5. The summed E-state index contributed by atoms with van der Waals surface area (Å²) < 4.78 is 0. The third-order valence-electron chi connectivity index (χ3n) is 3.03. The third-order valence-corrected chi connectivity index (χ3v) is 3.27. The highest BCUT2D eigenvalue weighted by atomic mass is 35.5. The number of nitrogens with one attached hydrogen (secondary N) is 3. The molecule has 3 N–H and O–H groups in total. The van der Waals surface area contributed by atoms with Crippen molar-refractivity contribution >= 4 is 34.5 Å². The molecule has 1 aromatic heterocycles. The first-order valence-electron chi connectivity index (χ1n) is 6.60. The van der Waals surface area contributed by atoms with Crippen LogP contribution in [-0.4, -0.2) is 10.2 Å². The van der Waals surface area contributed by atoms with E-state index in [9.17, 15) is 0 Å². The van der Waals surface area contributed by atoms with Gasteiger partial charge in [0.05, 0.1) is 6.20 Å². The van der Waals surface area contributed by atoms with Gasteiger partial charge in [-0.15, -0.1) is 0 Å². The Hall–Kier alpha value is -2.46. The SMILES string of the molecule is Cc1cccc(Nc2cn[nH]c2Nc2cccc(Cl)c2)c1. The van der Waals surface area contributed by atoms with E-state index in [1.165, 1.54) is 5.56 Å². The minimum absolute atomic E-state index is 0.688. The van der Waals surface area contributed by atoms with Crippen LogP contribution in [0.4, 0.5) is 22.9 Å². The van der Waals surface area contributed by atoms with Crippen LogP contribution < -0.4 is 10.6 Å². The fourth-order valence-electron chi connectivity index (χ4n) is 2.07. The van der Waals surface area contributed by atoms with E-state index in [-0.39, 0.29) is 0 Å². The van der Waals surface area contributed by atoms with Crippen LogP contribution in [0.5, 0.6) is 0 Å². The van der Waals surface area contributed by atoms with Crippen LogP contribution >= 0.6 is 11.6 Å². The smallest absolute Gasteiger partial charge is 0.150 e. The maximum Gasteiger partial charge on any atom is 0.150 e. The minimum atomic E-state index is 0.688. The highest BCUT2D eigenvalue weighted by Crippen LogP contribution is 2.27. The molecule has 0 bridgehead atoms. The van der Waals surface area contributed by atoms with Gasteiger partial charge in [0.2, 0.25) is 0 Å². The molecule has 0 spiro atoms. The van der Waals surface area contributed by atoms with Gasteiger partial charge in [0.15, 0.2) is 0 Å². The van der Waals surface area contributed by atoms with E-state index in [1.54, 1.807) is 6.20 Å². The van der Waals surface area contributed by atoms with E-state index in [0.717, 1.165) is 22.9 Å². The molecule has 3 rings (SSSR count). The zero-order chi connectivity index (χ0) is 14.7. The first-order chi connectivity index (χ1) is 10.2. The summed E-state index contributed by atoms with van der Waals surface area (Å²) in [4.78, 5) is 0. The third kappa shape index (κ3) is 3.35.